The van der Waals surface area contributed by atoms with Crippen LogP contribution in [-0.2, 0) is 4.74 Å². The Morgan fingerprint density at radius 3 is 2.81 bits per heavy atom. The van der Waals surface area contributed by atoms with Crippen molar-refractivity contribution in [1.29, 1.82) is 0 Å². The summed E-state index contributed by atoms with van der Waals surface area (Å²) in [5.74, 6) is 0.927. The van der Waals surface area contributed by atoms with Crippen LogP contribution in [0, 0.1) is 20.8 Å². The van der Waals surface area contributed by atoms with Gasteiger partial charge in [-0.1, -0.05) is 0 Å². The van der Waals surface area contributed by atoms with Gasteiger partial charge in [0.15, 0.2) is 0 Å². The molecule has 1 fully saturated rings. The third kappa shape index (κ3) is 2.71. The summed E-state index contributed by atoms with van der Waals surface area (Å²) in [6, 6.07) is 1.63. The predicted molar refractivity (Wildman–Crippen MR) is 77.4 cm³/mol. The fraction of sp³-hybridized carbons (Fsp3) is 0.500. The van der Waals surface area contributed by atoms with Crippen molar-refractivity contribution in [1.82, 2.24) is 15.1 Å². The van der Waals surface area contributed by atoms with Gasteiger partial charge in [-0.05, 0) is 25.5 Å². The summed E-state index contributed by atoms with van der Waals surface area (Å²) in [4.78, 5) is 16.4. The number of aryl methyl sites for hydroxylation is 3. The SMILES string of the molecule is Cc1nnc(C2COCCN2C(=O)c2cc(C)c(C)s2)o1. The van der Waals surface area contributed by atoms with Gasteiger partial charge in [-0.15, -0.1) is 21.5 Å². The lowest BCUT2D eigenvalue weighted by atomic mass is 10.2. The Balaban J connectivity index is 1.88. The molecule has 0 bridgehead atoms. The number of carbonyl (C=O) groups excluding carboxylic acids is 1. The van der Waals surface area contributed by atoms with E-state index in [-0.39, 0.29) is 11.9 Å². The number of aromatic nitrogens is 2. The molecular weight excluding hydrogens is 290 g/mol. The van der Waals surface area contributed by atoms with Gasteiger partial charge < -0.3 is 14.1 Å². The summed E-state index contributed by atoms with van der Waals surface area (Å²) in [6.07, 6.45) is 0. The molecule has 3 rings (SSSR count). The summed E-state index contributed by atoms with van der Waals surface area (Å²) in [5, 5.41) is 7.87. The molecule has 1 amide bonds. The zero-order chi connectivity index (χ0) is 15.0. The van der Waals surface area contributed by atoms with E-state index in [2.05, 4.69) is 10.2 Å². The number of hydrogen-bond acceptors (Lipinski definition) is 6. The molecule has 6 nitrogen and oxygen atoms in total. The van der Waals surface area contributed by atoms with Gasteiger partial charge in [0.1, 0.15) is 6.04 Å². The Hall–Kier alpha value is -1.73. The van der Waals surface area contributed by atoms with Crippen molar-refractivity contribution >= 4 is 17.2 Å². The molecule has 0 aromatic carbocycles. The minimum absolute atomic E-state index is 0.000327. The Labute approximate surface area is 126 Å². The minimum Gasteiger partial charge on any atom is -0.423 e. The summed E-state index contributed by atoms with van der Waals surface area (Å²) in [7, 11) is 0. The van der Waals surface area contributed by atoms with Crippen molar-refractivity contribution in [3.8, 4) is 0 Å². The van der Waals surface area contributed by atoms with Crippen LogP contribution in [0.4, 0.5) is 0 Å². The highest BCUT2D eigenvalue weighted by Crippen LogP contribution is 2.28. The van der Waals surface area contributed by atoms with Crippen LogP contribution in [0.5, 0.6) is 0 Å². The molecule has 2 aromatic heterocycles. The summed E-state index contributed by atoms with van der Waals surface area (Å²) in [5.41, 5.74) is 1.14. The van der Waals surface area contributed by atoms with E-state index in [1.807, 2.05) is 19.9 Å². The van der Waals surface area contributed by atoms with Crippen LogP contribution in [0.25, 0.3) is 0 Å². The molecule has 112 valence electrons. The average molecular weight is 307 g/mol. The highest BCUT2D eigenvalue weighted by molar-refractivity contribution is 7.14. The summed E-state index contributed by atoms with van der Waals surface area (Å²) < 4.78 is 10.9. The average Bonchev–Trinajstić information content (AvgIpc) is 3.05. The standard InChI is InChI=1S/C14H17N3O3S/c1-8-6-12(21-9(8)2)14(18)17-4-5-19-7-11(17)13-16-15-10(3)20-13/h6,11H,4-5,7H2,1-3H3. The number of rotatable bonds is 2. The number of nitrogens with zero attached hydrogens (tertiary/aromatic N) is 3. The van der Waals surface area contributed by atoms with E-state index in [1.165, 1.54) is 11.3 Å². The summed E-state index contributed by atoms with van der Waals surface area (Å²) >= 11 is 1.52. The molecule has 1 saturated heterocycles. The minimum atomic E-state index is -0.310. The van der Waals surface area contributed by atoms with Gasteiger partial charge >= 0.3 is 0 Å². The van der Waals surface area contributed by atoms with Gasteiger partial charge in [0.25, 0.3) is 5.91 Å². The van der Waals surface area contributed by atoms with Crippen LogP contribution in [0.2, 0.25) is 0 Å². The van der Waals surface area contributed by atoms with Crippen molar-refractivity contribution in [2.24, 2.45) is 0 Å². The molecule has 3 heterocycles. The molecule has 1 atom stereocenters. The first-order chi connectivity index (χ1) is 10.1. The first-order valence-electron chi connectivity index (χ1n) is 6.82. The van der Waals surface area contributed by atoms with Crippen LogP contribution in [-0.4, -0.2) is 40.8 Å². The number of carbonyl (C=O) groups is 1. The summed E-state index contributed by atoms with van der Waals surface area (Å²) in [6.45, 7) is 7.21. The van der Waals surface area contributed by atoms with Gasteiger partial charge in [0.2, 0.25) is 11.8 Å². The molecular formula is C14H17N3O3S. The molecule has 0 spiro atoms. The number of amides is 1. The first-order valence-corrected chi connectivity index (χ1v) is 7.63. The van der Waals surface area contributed by atoms with Crippen molar-refractivity contribution in [3.05, 3.63) is 33.2 Å². The fourth-order valence-electron chi connectivity index (χ4n) is 2.32. The van der Waals surface area contributed by atoms with Crippen molar-refractivity contribution in [2.45, 2.75) is 26.8 Å². The number of ether oxygens (including phenoxy) is 1. The van der Waals surface area contributed by atoms with Gasteiger partial charge in [0.05, 0.1) is 18.1 Å². The molecule has 21 heavy (non-hydrogen) atoms. The van der Waals surface area contributed by atoms with Crippen LogP contribution in [0.3, 0.4) is 0 Å². The fourth-order valence-corrected chi connectivity index (χ4v) is 3.31. The molecule has 0 N–H and O–H groups in total. The van der Waals surface area contributed by atoms with Crippen molar-refractivity contribution < 1.29 is 13.9 Å². The Morgan fingerprint density at radius 2 is 2.19 bits per heavy atom. The molecule has 0 radical (unpaired) electrons. The second-order valence-corrected chi connectivity index (χ2v) is 6.35. The van der Waals surface area contributed by atoms with Gasteiger partial charge in [0, 0.05) is 18.3 Å². The Bertz CT molecular complexity index is 645. The van der Waals surface area contributed by atoms with Gasteiger partial charge in [-0.25, -0.2) is 0 Å². The molecule has 1 aliphatic rings. The zero-order valence-electron chi connectivity index (χ0n) is 12.3. The molecule has 7 heteroatoms. The van der Waals surface area contributed by atoms with Crippen LogP contribution < -0.4 is 0 Å². The highest BCUT2D eigenvalue weighted by atomic mass is 32.1. The van der Waals surface area contributed by atoms with E-state index in [9.17, 15) is 4.79 Å². The highest BCUT2D eigenvalue weighted by Gasteiger charge is 2.33. The maximum atomic E-state index is 12.7. The number of hydrogen-bond donors (Lipinski definition) is 0. The Morgan fingerprint density at radius 1 is 1.38 bits per heavy atom. The van der Waals surface area contributed by atoms with E-state index in [0.29, 0.717) is 31.5 Å². The predicted octanol–water partition coefficient (Wildman–Crippen LogP) is 2.27. The van der Waals surface area contributed by atoms with E-state index in [1.54, 1.807) is 11.8 Å². The van der Waals surface area contributed by atoms with E-state index >= 15 is 0 Å². The Kier molecular flexibility index (Phi) is 3.77. The number of morpholine rings is 1. The second kappa shape index (κ2) is 5.57. The van der Waals surface area contributed by atoms with Gasteiger partial charge in [-0.3, -0.25) is 4.79 Å². The number of thiophene rings is 1. The smallest absolute Gasteiger partial charge is 0.264 e. The molecule has 1 unspecified atom stereocenters. The zero-order valence-corrected chi connectivity index (χ0v) is 13.1. The molecule has 0 saturated carbocycles. The third-order valence-corrected chi connectivity index (χ3v) is 4.73. The van der Waals surface area contributed by atoms with E-state index in [4.69, 9.17) is 9.15 Å². The first kappa shape index (κ1) is 14.2. The second-order valence-electron chi connectivity index (χ2n) is 5.10. The van der Waals surface area contributed by atoms with Crippen LogP contribution in [0.1, 0.15) is 37.9 Å². The maximum absolute atomic E-state index is 12.7. The third-order valence-electron chi connectivity index (χ3n) is 3.59. The molecule has 0 aliphatic carbocycles. The van der Waals surface area contributed by atoms with E-state index in [0.717, 1.165) is 15.3 Å². The van der Waals surface area contributed by atoms with Crippen molar-refractivity contribution in [2.75, 3.05) is 19.8 Å². The van der Waals surface area contributed by atoms with Crippen LogP contribution >= 0.6 is 11.3 Å². The quantitative estimate of drug-likeness (QED) is 0.851. The van der Waals surface area contributed by atoms with E-state index < -0.39 is 0 Å². The van der Waals surface area contributed by atoms with Crippen LogP contribution in [0.15, 0.2) is 10.5 Å². The van der Waals surface area contributed by atoms with Crippen molar-refractivity contribution in [3.63, 3.8) is 0 Å². The topological polar surface area (TPSA) is 68.5 Å². The maximum Gasteiger partial charge on any atom is 0.264 e. The monoisotopic (exact) mass is 307 g/mol. The molecule has 1 aliphatic heterocycles. The molecule has 2 aromatic rings. The lowest BCUT2D eigenvalue weighted by molar-refractivity contribution is -0.0104. The lowest BCUT2D eigenvalue weighted by Crippen LogP contribution is -2.43. The largest absolute Gasteiger partial charge is 0.423 e. The lowest BCUT2D eigenvalue weighted by Gasteiger charge is -2.33. The normalized spacial score (nSPS) is 19.0. The van der Waals surface area contributed by atoms with Gasteiger partial charge in [-0.2, -0.15) is 0 Å².